The molecule has 0 aromatic heterocycles. The first-order chi connectivity index (χ1) is 8.48. The van der Waals surface area contributed by atoms with Crippen LogP contribution in [0, 0.1) is 0 Å². The molecule has 0 aliphatic rings. The normalized spacial score (nSPS) is 11.1. The Morgan fingerprint density at radius 3 is 2.61 bits per heavy atom. The van der Waals surface area contributed by atoms with Crippen molar-refractivity contribution >= 4 is 6.29 Å². The molecule has 1 aromatic carbocycles. The summed E-state index contributed by atoms with van der Waals surface area (Å²) in [5.41, 5.74) is -0.335. The highest BCUT2D eigenvalue weighted by atomic mass is 16.5. The van der Waals surface area contributed by atoms with Gasteiger partial charge in [-0.1, -0.05) is 6.07 Å². The highest BCUT2D eigenvalue weighted by molar-refractivity contribution is 5.81. The number of aliphatic hydroxyl groups is 1. The zero-order chi connectivity index (χ0) is 13.6. The minimum Gasteiger partial charge on any atom is -0.490 e. The Morgan fingerprint density at radius 1 is 1.33 bits per heavy atom. The van der Waals surface area contributed by atoms with E-state index in [9.17, 15) is 9.90 Å². The lowest BCUT2D eigenvalue weighted by molar-refractivity contribution is 0.0547. The van der Waals surface area contributed by atoms with Gasteiger partial charge in [0.1, 0.15) is 0 Å². The Balaban J connectivity index is 2.80. The van der Waals surface area contributed by atoms with Gasteiger partial charge in [0.05, 0.1) is 24.4 Å². The van der Waals surface area contributed by atoms with Crippen LogP contribution in [0.15, 0.2) is 18.2 Å². The van der Waals surface area contributed by atoms with Gasteiger partial charge in [-0.3, -0.25) is 4.79 Å². The lowest BCUT2D eigenvalue weighted by atomic mass is 10.1. The lowest BCUT2D eigenvalue weighted by Gasteiger charge is -2.18. The van der Waals surface area contributed by atoms with Crippen LogP contribution in [0.1, 0.15) is 37.6 Å². The third kappa shape index (κ3) is 4.37. The van der Waals surface area contributed by atoms with Gasteiger partial charge in [-0.2, -0.15) is 0 Å². The summed E-state index contributed by atoms with van der Waals surface area (Å²) in [4.78, 5) is 11.0. The fourth-order valence-electron chi connectivity index (χ4n) is 1.45. The van der Waals surface area contributed by atoms with Gasteiger partial charge in [-0.25, -0.2) is 0 Å². The van der Waals surface area contributed by atoms with Crippen LogP contribution >= 0.6 is 0 Å². The van der Waals surface area contributed by atoms with Gasteiger partial charge in [0.2, 0.25) is 0 Å². The fraction of sp³-hybridized carbons (Fsp3) is 0.500. The molecule has 0 atom stereocenters. The minimum absolute atomic E-state index is 0.328. The monoisotopic (exact) mass is 252 g/mol. The molecule has 1 aromatic rings. The van der Waals surface area contributed by atoms with E-state index in [1.165, 1.54) is 0 Å². The van der Waals surface area contributed by atoms with Crippen LogP contribution in [0.5, 0.6) is 11.5 Å². The molecule has 0 spiro atoms. The fourth-order valence-corrected chi connectivity index (χ4v) is 1.45. The van der Waals surface area contributed by atoms with E-state index in [1.54, 1.807) is 32.0 Å². The Morgan fingerprint density at radius 2 is 2.06 bits per heavy atom. The van der Waals surface area contributed by atoms with Crippen molar-refractivity contribution in [3.05, 3.63) is 23.8 Å². The van der Waals surface area contributed by atoms with Gasteiger partial charge in [0.25, 0.3) is 0 Å². The second kappa shape index (κ2) is 6.40. The molecular weight excluding hydrogens is 232 g/mol. The number of aldehydes is 1. The molecule has 4 nitrogen and oxygen atoms in total. The van der Waals surface area contributed by atoms with Gasteiger partial charge in [-0.15, -0.1) is 0 Å². The van der Waals surface area contributed by atoms with E-state index < -0.39 is 5.60 Å². The topological polar surface area (TPSA) is 55.8 Å². The van der Waals surface area contributed by atoms with Gasteiger partial charge < -0.3 is 14.6 Å². The average Bonchev–Trinajstić information content (AvgIpc) is 2.29. The molecule has 0 bridgehead atoms. The third-order valence-corrected chi connectivity index (χ3v) is 2.40. The molecule has 0 saturated carbocycles. The number of carbonyl (C=O) groups is 1. The maximum atomic E-state index is 11.0. The summed E-state index contributed by atoms with van der Waals surface area (Å²) < 4.78 is 11.0. The first kappa shape index (κ1) is 14.5. The molecule has 0 unspecified atom stereocenters. The van der Waals surface area contributed by atoms with Gasteiger partial charge >= 0.3 is 0 Å². The number of para-hydroxylation sites is 1. The minimum atomic E-state index is -0.790. The standard InChI is InChI=1S/C14H20O4/c1-4-17-12-7-5-6-11(10-15)13(12)18-9-8-14(2,3)16/h5-7,10,16H,4,8-9H2,1-3H3. The first-order valence-corrected chi connectivity index (χ1v) is 6.04. The molecule has 1 N–H and O–H groups in total. The second-order valence-corrected chi connectivity index (χ2v) is 4.64. The molecular formula is C14H20O4. The summed E-state index contributed by atoms with van der Waals surface area (Å²) in [5, 5.41) is 9.61. The molecule has 0 saturated heterocycles. The largest absolute Gasteiger partial charge is 0.490 e. The van der Waals surface area contributed by atoms with E-state index in [-0.39, 0.29) is 0 Å². The molecule has 100 valence electrons. The Hall–Kier alpha value is -1.55. The summed E-state index contributed by atoms with van der Waals surface area (Å²) in [5.74, 6) is 0.997. The van der Waals surface area contributed by atoms with Crippen molar-refractivity contribution in [1.82, 2.24) is 0 Å². The van der Waals surface area contributed by atoms with E-state index in [0.717, 1.165) is 6.29 Å². The quantitative estimate of drug-likeness (QED) is 0.757. The summed E-state index contributed by atoms with van der Waals surface area (Å²) in [6, 6.07) is 5.18. The average molecular weight is 252 g/mol. The lowest BCUT2D eigenvalue weighted by Crippen LogP contribution is -2.22. The van der Waals surface area contributed by atoms with Gasteiger partial charge in [-0.05, 0) is 32.9 Å². The number of hydrogen-bond donors (Lipinski definition) is 1. The van der Waals surface area contributed by atoms with E-state index in [1.807, 2.05) is 6.92 Å². The molecule has 0 aliphatic carbocycles. The number of rotatable bonds is 7. The third-order valence-electron chi connectivity index (χ3n) is 2.40. The van der Waals surface area contributed by atoms with E-state index >= 15 is 0 Å². The predicted octanol–water partition coefficient (Wildman–Crippen LogP) is 2.44. The van der Waals surface area contributed by atoms with Crippen LogP contribution in [0.2, 0.25) is 0 Å². The maximum absolute atomic E-state index is 11.0. The SMILES string of the molecule is CCOc1cccc(C=O)c1OCCC(C)(C)O. The highest BCUT2D eigenvalue weighted by Gasteiger charge is 2.15. The zero-order valence-electron chi connectivity index (χ0n) is 11.1. The molecule has 0 radical (unpaired) electrons. The van der Waals surface area contributed by atoms with Crippen LogP contribution in [-0.2, 0) is 0 Å². The van der Waals surface area contributed by atoms with Crippen molar-refractivity contribution in [3.8, 4) is 11.5 Å². The van der Waals surface area contributed by atoms with Crippen molar-refractivity contribution in [2.45, 2.75) is 32.8 Å². The molecule has 18 heavy (non-hydrogen) atoms. The Labute approximate surface area is 108 Å². The van der Waals surface area contributed by atoms with Crippen molar-refractivity contribution in [2.24, 2.45) is 0 Å². The first-order valence-electron chi connectivity index (χ1n) is 6.04. The van der Waals surface area contributed by atoms with Crippen LogP contribution in [0.3, 0.4) is 0 Å². The molecule has 0 aliphatic heterocycles. The summed E-state index contributed by atoms with van der Waals surface area (Å²) >= 11 is 0. The number of ether oxygens (including phenoxy) is 2. The van der Waals surface area contributed by atoms with E-state index in [4.69, 9.17) is 9.47 Å². The Bertz CT molecular complexity index is 393. The van der Waals surface area contributed by atoms with Crippen molar-refractivity contribution in [3.63, 3.8) is 0 Å². The molecule has 0 fully saturated rings. The number of carbonyl (C=O) groups excluding carboxylic acids is 1. The summed E-state index contributed by atoms with van der Waals surface area (Å²) in [7, 11) is 0. The summed E-state index contributed by atoms with van der Waals surface area (Å²) in [6.45, 7) is 6.13. The van der Waals surface area contributed by atoms with Crippen LogP contribution in [-0.4, -0.2) is 30.2 Å². The molecule has 1 rings (SSSR count). The maximum Gasteiger partial charge on any atom is 0.171 e. The van der Waals surface area contributed by atoms with Crippen LogP contribution in [0.25, 0.3) is 0 Å². The van der Waals surface area contributed by atoms with Gasteiger partial charge in [0.15, 0.2) is 17.8 Å². The Kier molecular flexibility index (Phi) is 5.16. The summed E-state index contributed by atoms with van der Waals surface area (Å²) in [6.07, 6.45) is 1.22. The van der Waals surface area contributed by atoms with Crippen LogP contribution in [0.4, 0.5) is 0 Å². The van der Waals surface area contributed by atoms with Crippen molar-refractivity contribution < 1.29 is 19.4 Å². The number of benzene rings is 1. The van der Waals surface area contributed by atoms with Crippen molar-refractivity contribution in [1.29, 1.82) is 0 Å². The zero-order valence-corrected chi connectivity index (χ0v) is 11.1. The van der Waals surface area contributed by atoms with E-state index in [2.05, 4.69) is 0 Å². The molecule has 0 heterocycles. The van der Waals surface area contributed by atoms with Crippen LogP contribution < -0.4 is 9.47 Å². The predicted molar refractivity (Wildman–Crippen MR) is 69.4 cm³/mol. The molecule has 0 amide bonds. The smallest absolute Gasteiger partial charge is 0.171 e. The second-order valence-electron chi connectivity index (χ2n) is 4.64. The van der Waals surface area contributed by atoms with Crippen molar-refractivity contribution in [2.75, 3.05) is 13.2 Å². The van der Waals surface area contributed by atoms with Gasteiger partial charge in [0, 0.05) is 6.42 Å². The number of hydrogen-bond acceptors (Lipinski definition) is 4. The highest BCUT2D eigenvalue weighted by Crippen LogP contribution is 2.30. The van der Waals surface area contributed by atoms with E-state index in [0.29, 0.717) is 36.7 Å². The molecule has 4 heteroatoms.